The fourth-order valence-electron chi connectivity index (χ4n) is 2.09. The van der Waals surface area contributed by atoms with E-state index < -0.39 is 5.92 Å². The second-order valence-electron chi connectivity index (χ2n) is 4.37. The molecule has 0 saturated carbocycles. The Kier molecular flexibility index (Phi) is 4.04. The molecule has 2 atom stereocenters. The van der Waals surface area contributed by atoms with E-state index in [0.717, 1.165) is 5.56 Å². The summed E-state index contributed by atoms with van der Waals surface area (Å²) in [5.41, 5.74) is 0.948. The van der Waals surface area contributed by atoms with Gasteiger partial charge in [0.1, 0.15) is 12.5 Å². The van der Waals surface area contributed by atoms with Crippen molar-refractivity contribution in [3.63, 3.8) is 0 Å². The summed E-state index contributed by atoms with van der Waals surface area (Å²) in [5.74, 6) is -0.563. The molecule has 0 unspecified atom stereocenters. The Labute approximate surface area is 111 Å². The van der Waals surface area contributed by atoms with E-state index in [0.29, 0.717) is 6.42 Å². The molecule has 1 N–H and O–H groups in total. The molecule has 2 rings (SSSR count). The van der Waals surface area contributed by atoms with E-state index in [1.165, 1.54) is 4.90 Å². The number of β-lactam (4-membered cyclic amide) rings is 1. The highest BCUT2D eigenvalue weighted by Crippen LogP contribution is 2.31. The first-order valence-corrected chi connectivity index (χ1v) is 6.30. The number of hydrogen-bond donors (Lipinski definition) is 2. The maximum atomic E-state index is 11.8. The normalized spacial score (nSPS) is 22.8. The van der Waals surface area contributed by atoms with Crippen LogP contribution in [0.1, 0.15) is 12.0 Å². The molecule has 0 aromatic heterocycles. The number of rotatable bonds is 5. The maximum Gasteiger partial charge on any atom is 0.231 e. The smallest absolute Gasteiger partial charge is 0.231 e. The molecule has 1 saturated heterocycles. The van der Waals surface area contributed by atoms with Crippen LogP contribution in [0.15, 0.2) is 30.3 Å². The minimum absolute atomic E-state index is 0.0242. The van der Waals surface area contributed by atoms with E-state index in [1.807, 2.05) is 30.3 Å². The molecule has 1 aliphatic rings. The van der Waals surface area contributed by atoms with Gasteiger partial charge in [-0.15, -0.1) is 0 Å². The van der Waals surface area contributed by atoms with Crippen molar-refractivity contribution in [2.24, 2.45) is 5.92 Å². The van der Waals surface area contributed by atoms with Crippen LogP contribution in [0.5, 0.6) is 0 Å². The molecule has 1 aromatic carbocycles. The van der Waals surface area contributed by atoms with Crippen LogP contribution in [0.2, 0.25) is 0 Å². The lowest BCUT2D eigenvalue weighted by Crippen LogP contribution is -2.58. The average Bonchev–Trinajstić information content (AvgIpc) is 2.38. The molecule has 0 bridgehead atoms. The monoisotopic (exact) mass is 265 g/mol. The Morgan fingerprint density at radius 3 is 2.56 bits per heavy atom. The second-order valence-corrected chi connectivity index (χ2v) is 4.90. The van der Waals surface area contributed by atoms with Crippen LogP contribution in [-0.4, -0.2) is 33.8 Å². The molecule has 0 radical (unpaired) electrons. The SMILES string of the molecule is O=C(Cc1ccccc1)C[C@@H]1C(=O)N(CO)[C@@H]1S. The molecular formula is C13H15NO3S. The number of carbonyl (C=O) groups excluding carboxylic acids is 2. The van der Waals surface area contributed by atoms with Gasteiger partial charge in [0.2, 0.25) is 5.91 Å². The van der Waals surface area contributed by atoms with Crippen LogP contribution in [0.4, 0.5) is 0 Å². The summed E-state index contributed by atoms with van der Waals surface area (Å²) in [6.07, 6.45) is 0.530. The van der Waals surface area contributed by atoms with Gasteiger partial charge in [-0.3, -0.25) is 9.59 Å². The van der Waals surface area contributed by atoms with Crippen molar-refractivity contribution in [3.05, 3.63) is 35.9 Å². The van der Waals surface area contributed by atoms with E-state index in [1.54, 1.807) is 0 Å². The van der Waals surface area contributed by atoms with Gasteiger partial charge in [0, 0.05) is 12.8 Å². The Hall–Kier alpha value is -1.33. The van der Waals surface area contributed by atoms with Gasteiger partial charge in [-0.2, -0.15) is 12.6 Å². The van der Waals surface area contributed by atoms with Crippen molar-refractivity contribution in [1.29, 1.82) is 0 Å². The number of Topliss-reactive ketones (excluding diaryl/α,β-unsaturated/α-hetero) is 1. The van der Waals surface area contributed by atoms with Gasteiger partial charge in [0.25, 0.3) is 0 Å². The van der Waals surface area contributed by atoms with Gasteiger partial charge in [-0.1, -0.05) is 30.3 Å². The van der Waals surface area contributed by atoms with E-state index in [2.05, 4.69) is 12.6 Å². The van der Waals surface area contributed by atoms with Gasteiger partial charge in [-0.25, -0.2) is 0 Å². The number of benzene rings is 1. The van der Waals surface area contributed by atoms with Crippen LogP contribution in [0.3, 0.4) is 0 Å². The number of aliphatic hydroxyl groups is 1. The standard InChI is InChI=1S/C13H15NO3S/c15-8-14-12(17)11(13(14)18)7-10(16)6-9-4-2-1-3-5-9/h1-5,11,13,15,18H,6-8H2/t11-,13-/m1/s1. The van der Waals surface area contributed by atoms with E-state index in [4.69, 9.17) is 5.11 Å². The Morgan fingerprint density at radius 2 is 2.00 bits per heavy atom. The minimum Gasteiger partial charge on any atom is -0.376 e. The Morgan fingerprint density at radius 1 is 1.33 bits per heavy atom. The largest absolute Gasteiger partial charge is 0.376 e. The van der Waals surface area contributed by atoms with Crippen LogP contribution in [0, 0.1) is 5.92 Å². The zero-order valence-corrected chi connectivity index (χ0v) is 10.7. The van der Waals surface area contributed by atoms with Gasteiger partial charge >= 0.3 is 0 Å². The number of ketones is 1. The number of amides is 1. The predicted octanol–water partition coefficient (Wildman–Crippen LogP) is 0.852. The number of aliphatic hydroxyl groups excluding tert-OH is 1. The molecule has 4 nitrogen and oxygen atoms in total. The molecule has 1 amide bonds. The summed E-state index contributed by atoms with van der Waals surface area (Å²) >= 11 is 4.21. The van der Waals surface area contributed by atoms with Crippen molar-refractivity contribution < 1.29 is 14.7 Å². The summed E-state index contributed by atoms with van der Waals surface area (Å²) in [5, 5.41) is 8.54. The first-order chi connectivity index (χ1) is 8.63. The molecule has 18 heavy (non-hydrogen) atoms. The third kappa shape index (κ3) is 2.57. The fraction of sp³-hybridized carbons (Fsp3) is 0.385. The molecule has 1 heterocycles. The predicted molar refractivity (Wildman–Crippen MR) is 70.0 cm³/mol. The van der Waals surface area contributed by atoms with Crippen LogP contribution in [0.25, 0.3) is 0 Å². The van der Waals surface area contributed by atoms with Crippen molar-refractivity contribution in [1.82, 2.24) is 4.90 Å². The molecule has 1 fully saturated rings. The molecule has 1 aromatic rings. The van der Waals surface area contributed by atoms with E-state index >= 15 is 0 Å². The maximum absolute atomic E-state index is 11.8. The quantitative estimate of drug-likeness (QED) is 0.613. The molecule has 5 heteroatoms. The first-order valence-electron chi connectivity index (χ1n) is 5.78. The number of carbonyl (C=O) groups is 2. The molecule has 96 valence electrons. The second kappa shape index (κ2) is 5.54. The third-order valence-corrected chi connectivity index (χ3v) is 3.76. The summed E-state index contributed by atoms with van der Waals surface area (Å²) in [4.78, 5) is 24.6. The molecule has 0 aliphatic carbocycles. The molecule has 0 spiro atoms. The zero-order chi connectivity index (χ0) is 13.1. The van der Waals surface area contributed by atoms with E-state index in [9.17, 15) is 9.59 Å². The summed E-state index contributed by atoms with van der Waals surface area (Å²) in [6, 6.07) is 9.43. The van der Waals surface area contributed by atoms with Gasteiger partial charge < -0.3 is 10.0 Å². The van der Waals surface area contributed by atoms with Crippen molar-refractivity contribution in [3.8, 4) is 0 Å². The summed E-state index contributed by atoms with van der Waals surface area (Å²) < 4.78 is 0. The van der Waals surface area contributed by atoms with E-state index in [-0.39, 0.29) is 30.2 Å². The van der Waals surface area contributed by atoms with Crippen molar-refractivity contribution in [2.45, 2.75) is 18.2 Å². The number of likely N-dealkylation sites (tertiary alicyclic amines) is 1. The molecular weight excluding hydrogens is 250 g/mol. The number of nitrogens with zero attached hydrogens (tertiary/aromatic N) is 1. The Bertz CT molecular complexity index is 449. The average molecular weight is 265 g/mol. The Balaban J connectivity index is 1.88. The summed E-state index contributed by atoms with van der Waals surface area (Å²) in [6.45, 7) is -0.337. The topological polar surface area (TPSA) is 57.6 Å². The molecule has 1 aliphatic heterocycles. The lowest BCUT2D eigenvalue weighted by molar-refractivity contribution is -0.158. The first kappa shape index (κ1) is 13.1. The number of hydrogen-bond acceptors (Lipinski definition) is 4. The van der Waals surface area contributed by atoms with Crippen LogP contribution < -0.4 is 0 Å². The van der Waals surface area contributed by atoms with Gasteiger partial charge in [0.05, 0.1) is 11.3 Å². The van der Waals surface area contributed by atoms with Gasteiger partial charge in [0.15, 0.2) is 0 Å². The van der Waals surface area contributed by atoms with Gasteiger partial charge in [-0.05, 0) is 5.56 Å². The van der Waals surface area contributed by atoms with Crippen molar-refractivity contribution in [2.75, 3.05) is 6.73 Å². The lowest BCUT2D eigenvalue weighted by Gasteiger charge is -2.43. The summed E-state index contributed by atoms with van der Waals surface area (Å²) in [7, 11) is 0. The highest BCUT2D eigenvalue weighted by atomic mass is 32.1. The fourth-order valence-corrected chi connectivity index (χ4v) is 2.51. The van der Waals surface area contributed by atoms with Crippen LogP contribution >= 0.6 is 12.6 Å². The zero-order valence-electron chi connectivity index (χ0n) is 9.82. The third-order valence-electron chi connectivity index (χ3n) is 3.12. The number of thiol groups is 1. The van der Waals surface area contributed by atoms with Crippen molar-refractivity contribution >= 4 is 24.3 Å². The highest BCUT2D eigenvalue weighted by molar-refractivity contribution is 7.81. The minimum atomic E-state index is -0.392. The highest BCUT2D eigenvalue weighted by Gasteiger charge is 2.45. The van der Waals surface area contributed by atoms with Crippen LogP contribution in [-0.2, 0) is 16.0 Å². The lowest BCUT2D eigenvalue weighted by atomic mass is 9.91.